The first-order valence-corrected chi connectivity index (χ1v) is 9.26. The summed E-state index contributed by atoms with van der Waals surface area (Å²) in [5, 5.41) is 2.79. The van der Waals surface area contributed by atoms with Crippen LogP contribution >= 0.6 is 0 Å². The second-order valence-electron chi connectivity index (χ2n) is 6.30. The first kappa shape index (κ1) is 20.6. The normalized spacial score (nSPS) is 12.3. The molecular weight excluding hydrogens is 342 g/mol. The Morgan fingerprint density at radius 1 is 0.963 bits per heavy atom. The largest absolute Gasteiger partial charge is 0.453 e. The van der Waals surface area contributed by atoms with Gasteiger partial charge in [-0.05, 0) is 31.4 Å². The highest BCUT2D eigenvalue weighted by Crippen LogP contribution is 2.35. The maximum absolute atomic E-state index is 13.2. The Morgan fingerprint density at radius 2 is 1.48 bits per heavy atom. The number of carbonyl (C=O) groups is 2. The van der Waals surface area contributed by atoms with Crippen molar-refractivity contribution in [2.24, 2.45) is 0 Å². The summed E-state index contributed by atoms with van der Waals surface area (Å²) in [5.41, 5.74) is -0.107. The highest BCUT2D eigenvalue weighted by Gasteiger charge is 2.45. The summed E-state index contributed by atoms with van der Waals surface area (Å²) in [5.74, 6) is -0.940. The molecule has 27 heavy (non-hydrogen) atoms. The number of ether oxygens (including phenoxy) is 2. The molecule has 2 aromatic rings. The molecule has 0 aliphatic heterocycles. The lowest BCUT2D eigenvalue weighted by atomic mass is 9.86. The van der Waals surface area contributed by atoms with Gasteiger partial charge in [-0.1, -0.05) is 67.6 Å². The second-order valence-corrected chi connectivity index (χ2v) is 6.30. The van der Waals surface area contributed by atoms with Gasteiger partial charge in [0.2, 0.25) is 5.60 Å². The van der Waals surface area contributed by atoms with E-state index in [1.807, 2.05) is 81.4 Å². The maximum atomic E-state index is 13.2. The molecule has 0 bridgehead atoms. The summed E-state index contributed by atoms with van der Waals surface area (Å²) in [4.78, 5) is 25.2. The molecule has 0 radical (unpaired) electrons. The van der Waals surface area contributed by atoms with E-state index in [1.54, 1.807) is 0 Å². The molecule has 0 fully saturated rings. The minimum atomic E-state index is -1.42. The fourth-order valence-electron chi connectivity index (χ4n) is 2.84. The van der Waals surface area contributed by atoms with Crippen molar-refractivity contribution in [3.05, 3.63) is 71.8 Å². The summed E-state index contributed by atoms with van der Waals surface area (Å²) < 4.78 is 11.4. The number of hydrogen-bond acceptors (Lipinski definition) is 4. The molecule has 0 aliphatic carbocycles. The molecule has 0 aliphatic rings. The number of nitrogens with one attached hydrogen (secondary N) is 1. The third-order valence-corrected chi connectivity index (χ3v) is 4.36. The summed E-state index contributed by atoms with van der Waals surface area (Å²) in [6.07, 6.45) is 0.802. The summed E-state index contributed by atoms with van der Waals surface area (Å²) in [6.45, 7) is 5.65. The standard InChI is InChI=1S/C22H27NO4/c1-4-17(3)23-20(24)16-26-21(25)22(27-5-2,18-12-8-6-9-13-18)19-14-10-7-11-15-19/h6-15,17H,4-5,16H2,1-3H3,(H,23,24)/t17-/m1/s1. The number of esters is 1. The fourth-order valence-corrected chi connectivity index (χ4v) is 2.84. The van der Waals surface area contributed by atoms with Gasteiger partial charge in [-0.15, -0.1) is 0 Å². The van der Waals surface area contributed by atoms with Crippen LogP contribution in [0.3, 0.4) is 0 Å². The molecule has 1 atom stereocenters. The molecule has 0 spiro atoms. The van der Waals surface area contributed by atoms with Crippen LogP contribution in [-0.4, -0.2) is 31.1 Å². The van der Waals surface area contributed by atoms with Gasteiger partial charge in [0.25, 0.3) is 5.91 Å². The van der Waals surface area contributed by atoms with E-state index in [0.717, 1.165) is 6.42 Å². The Bertz CT molecular complexity index is 691. The van der Waals surface area contributed by atoms with Crippen molar-refractivity contribution in [2.45, 2.75) is 38.8 Å². The van der Waals surface area contributed by atoms with Gasteiger partial charge in [-0.25, -0.2) is 4.79 Å². The van der Waals surface area contributed by atoms with Gasteiger partial charge in [0, 0.05) is 12.6 Å². The predicted octanol–water partition coefficient (Wildman–Crippen LogP) is 3.42. The van der Waals surface area contributed by atoms with Gasteiger partial charge in [0.05, 0.1) is 0 Å². The van der Waals surface area contributed by atoms with Crippen molar-refractivity contribution in [3.63, 3.8) is 0 Å². The van der Waals surface area contributed by atoms with E-state index in [-0.39, 0.29) is 18.6 Å². The molecule has 0 saturated carbocycles. The number of benzene rings is 2. The number of carbonyl (C=O) groups excluding carboxylic acids is 2. The average molecular weight is 369 g/mol. The zero-order valence-electron chi connectivity index (χ0n) is 16.1. The van der Waals surface area contributed by atoms with E-state index in [2.05, 4.69) is 5.32 Å². The van der Waals surface area contributed by atoms with Crippen molar-refractivity contribution in [3.8, 4) is 0 Å². The maximum Gasteiger partial charge on any atom is 0.348 e. The van der Waals surface area contributed by atoms with E-state index in [1.165, 1.54) is 0 Å². The third kappa shape index (κ3) is 4.95. The zero-order chi connectivity index (χ0) is 19.7. The van der Waals surface area contributed by atoms with Crippen LogP contribution in [0.25, 0.3) is 0 Å². The highest BCUT2D eigenvalue weighted by atomic mass is 16.6. The summed E-state index contributed by atoms with van der Waals surface area (Å²) >= 11 is 0. The molecule has 2 aromatic carbocycles. The lowest BCUT2D eigenvalue weighted by Gasteiger charge is -2.32. The topological polar surface area (TPSA) is 64.6 Å². The van der Waals surface area contributed by atoms with Crippen LogP contribution in [0, 0.1) is 0 Å². The van der Waals surface area contributed by atoms with E-state index in [9.17, 15) is 9.59 Å². The molecular formula is C22H27NO4. The molecule has 0 heterocycles. The van der Waals surface area contributed by atoms with Gasteiger partial charge in [-0.3, -0.25) is 4.79 Å². The van der Waals surface area contributed by atoms with Crippen LogP contribution in [0.5, 0.6) is 0 Å². The molecule has 0 unspecified atom stereocenters. The predicted molar refractivity (Wildman–Crippen MR) is 104 cm³/mol. The SMILES string of the molecule is CCOC(C(=O)OCC(=O)N[C@H](C)CC)(c1ccccc1)c1ccccc1. The molecule has 2 rings (SSSR count). The van der Waals surface area contributed by atoms with E-state index < -0.39 is 11.6 Å². The fraction of sp³-hybridized carbons (Fsp3) is 0.364. The zero-order valence-corrected chi connectivity index (χ0v) is 16.1. The molecule has 0 saturated heterocycles. The number of amides is 1. The highest BCUT2D eigenvalue weighted by molar-refractivity contribution is 5.88. The van der Waals surface area contributed by atoms with Crippen molar-refractivity contribution < 1.29 is 19.1 Å². The van der Waals surface area contributed by atoms with Crippen LogP contribution in [0.4, 0.5) is 0 Å². The van der Waals surface area contributed by atoms with Gasteiger partial charge < -0.3 is 14.8 Å². The number of hydrogen-bond donors (Lipinski definition) is 1. The lowest BCUT2D eigenvalue weighted by Crippen LogP contribution is -2.43. The van der Waals surface area contributed by atoms with Crippen molar-refractivity contribution >= 4 is 11.9 Å². The minimum absolute atomic E-state index is 0.0242. The van der Waals surface area contributed by atoms with Crippen LogP contribution in [0.2, 0.25) is 0 Å². The molecule has 5 heteroatoms. The second kappa shape index (κ2) is 9.88. The Hall–Kier alpha value is -2.66. The Balaban J connectivity index is 2.34. The monoisotopic (exact) mass is 369 g/mol. The minimum Gasteiger partial charge on any atom is -0.453 e. The summed E-state index contributed by atoms with van der Waals surface area (Å²) in [7, 11) is 0. The van der Waals surface area contributed by atoms with Crippen LogP contribution < -0.4 is 5.32 Å². The van der Waals surface area contributed by atoms with E-state index in [0.29, 0.717) is 17.7 Å². The Labute approximate surface area is 160 Å². The quantitative estimate of drug-likeness (QED) is 0.688. The van der Waals surface area contributed by atoms with Crippen molar-refractivity contribution in [2.75, 3.05) is 13.2 Å². The van der Waals surface area contributed by atoms with E-state index in [4.69, 9.17) is 9.47 Å². The molecule has 5 nitrogen and oxygen atoms in total. The number of rotatable bonds is 9. The van der Waals surface area contributed by atoms with Crippen molar-refractivity contribution in [1.29, 1.82) is 0 Å². The lowest BCUT2D eigenvalue weighted by molar-refractivity contribution is -0.170. The van der Waals surface area contributed by atoms with Crippen LogP contribution in [0.1, 0.15) is 38.3 Å². The molecule has 1 N–H and O–H groups in total. The van der Waals surface area contributed by atoms with Crippen LogP contribution in [0.15, 0.2) is 60.7 Å². The van der Waals surface area contributed by atoms with Gasteiger partial charge in [0.15, 0.2) is 6.61 Å². The Kier molecular flexibility index (Phi) is 7.55. The first-order valence-electron chi connectivity index (χ1n) is 9.26. The summed E-state index contributed by atoms with van der Waals surface area (Å²) in [6, 6.07) is 18.4. The smallest absolute Gasteiger partial charge is 0.348 e. The average Bonchev–Trinajstić information content (AvgIpc) is 2.71. The van der Waals surface area contributed by atoms with Gasteiger partial charge >= 0.3 is 5.97 Å². The third-order valence-electron chi connectivity index (χ3n) is 4.36. The van der Waals surface area contributed by atoms with Gasteiger partial charge in [0.1, 0.15) is 0 Å². The molecule has 0 aromatic heterocycles. The van der Waals surface area contributed by atoms with E-state index >= 15 is 0 Å². The molecule has 1 amide bonds. The first-order chi connectivity index (χ1) is 13.0. The Morgan fingerprint density at radius 3 is 1.93 bits per heavy atom. The molecule has 144 valence electrons. The van der Waals surface area contributed by atoms with Crippen LogP contribution in [-0.2, 0) is 24.7 Å². The van der Waals surface area contributed by atoms with Crippen molar-refractivity contribution in [1.82, 2.24) is 5.32 Å². The van der Waals surface area contributed by atoms with Gasteiger partial charge in [-0.2, -0.15) is 0 Å².